The van der Waals surface area contributed by atoms with Crippen molar-refractivity contribution in [1.29, 1.82) is 0 Å². The minimum atomic E-state index is -0.398. The summed E-state index contributed by atoms with van der Waals surface area (Å²) in [6, 6.07) is -0.398. The number of aromatic nitrogens is 2. The van der Waals surface area contributed by atoms with E-state index in [0.29, 0.717) is 25.3 Å². The van der Waals surface area contributed by atoms with Gasteiger partial charge in [0.1, 0.15) is 18.4 Å². The van der Waals surface area contributed by atoms with Gasteiger partial charge in [-0.25, -0.2) is 4.98 Å². The lowest BCUT2D eigenvalue weighted by atomic mass is 9.87. The fraction of sp³-hybridized carbons (Fsp3) is 0.600. The van der Waals surface area contributed by atoms with Gasteiger partial charge in [-0.15, -0.1) is 0 Å². The predicted molar refractivity (Wildman–Crippen MR) is 80.8 cm³/mol. The zero-order valence-electron chi connectivity index (χ0n) is 13.6. The molecule has 8 nitrogen and oxygen atoms in total. The SMILES string of the molecule is CN1CN(C(=O)[C@H]2CCC(=O)N(C)[C@@H]2c2nccn2C)CC1=O. The Kier molecular flexibility index (Phi) is 3.83. The van der Waals surface area contributed by atoms with Crippen molar-refractivity contribution in [3.8, 4) is 0 Å². The highest BCUT2D eigenvalue weighted by Gasteiger charge is 2.44. The van der Waals surface area contributed by atoms with E-state index in [-0.39, 0.29) is 30.2 Å². The maximum absolute atomic E-state index is 12.9. The lowest BCUT2D eigenvalue weighted by Gasteiger charge is -2.38. The van der Waals surface area contributed by atoms with Crippen molar-refractivity contribution in [3.63, 3.8) is 0 Å². The normalized spacial score (nSPS) is 25.4. The maximum atomic E-state index is 12.9. The third-order valence-electron chi connectivity index (χ3n) is 4.75. The Bertz CT molecular complexity index is 655. The van der Waals surface area contributed by atoms with Gasteiger partial charge in [-0.1, -0.05) is 0 Å². The summed E-state index contributed by atoms with van der Waals surface area (Å²) in [5.41, 5.74) is 0. The molecule has 3 amide bonds. The van der Waals surface area contributed by atoms with Crippen LogP contribution in [0.15, 0.2) is 12.4 Å². The number of likely N-dealkylation sites (N-methyl/N-ethyl adjacent to an activating group) is 1. The molecule has 0 saturated carbocycles. The molecule has 2 fully saturated rings. The highest BCUT2D eigenvalue weighted by molar-refractivity contribution is 5.90. The fourth-order valence-corrected chi connectivity index (χ4v) is 3.36. The number of amides is 3. The number of likely N-dealkylation sites (tertiary alicyclic amines) is 1. The van der Waals surface area contributed by atoms with Gasteiger partial charge in [0.15, 0.2) is 0 Å². The van der Waals surface area contributed by atoms with Gasteiger partial charge in [0.05, 0.1) is 12.6 Å². The molecule has 0 bridgehead atoms. The van der Waals surface area contributed by atoms with E-state index >= 15 is 0 Å². The number of hydrogen-bond acceptors (Lipinski definition) is 4. The molecule has 0 radical (unpaired) electrons. The van der Waals surface area contributed by atoms with Crippen molar-refractivity contribution in [2.45, 2.75) is 18.9 Å². The lowest BCUT2D eigenvalue weighted by molar-refractivity contribution is -0.147. The van der Waals surface area contributed by atoms with Crippen LogP contribution >= 0.6 is 0 Å². The van der Waals surface area contributed by atoms with Crippen LogP contribution in [0.1, 0.15) is 24.7 Å². The van der Waals surface area contributed by atoms with E-state index in [9.17, 15) is 14.4 Å². The van der Waals surface area contributed by atoms with Crippen LogP contribution in [0.2, 0.25) is 0 Å². The molecule has 3 rings (SSSR count). The molecule has 0 spiro atoms. The Morgan fingerprint density at radius 3 is 2.52 bits per heavy atom. The summed E-state index contributed by atoms with van der Waals surface area (Å²) < 4.78 is 1.83. The molecule has 0 aliphatic carbocycles. The molecule has 3 heterocycles. The van der Waals surface area contributed by atoms with Crippen LogP contribution in [0.4, 0.5) is 0 Å². The van der Waals surface area contributed by atoms with Crippen LogP contribution in [0.25, 0.3) is 0 Å². The van der Waals surface area contributed by atoms with Gasteiger partial charge in [0.2, 0.25) is 17.7 Å². The van der Waals surface area contributed by atoms with E-state index in [0.717, 1.165) is 0 Å². The summed E-state index contributed by atoms with van der Waals surface area (Å²) in [6.45, 7) is 0.413. The van der Waals surface area contributed by atoms with Crippen molar-refractivity contribution >= 4 is 17.7 Å². The number of imidazole rings is 1. The van der Waals surface area contributed by atoms with E-state index in [1.54, 1.807) is 36.3 Å². The van der Waals surface area contributed by atoms with Crippen LogP contribution in [0.5, 0.6) is 0 Å². The van der Waals surface area contributed by atoms with Crippen LogP contribution in [-0.2, 0) is 21.4 Å². The molecule has 0 aromatic carbocycles. The van der Waals surface area contributed by atoms with E-state index in [4.69, 9.17) is 0 Å². The van der Waals surface area contributed by atoms with Crippen LogP contribution in [0, 0.1) is 5.92 Å². The summed E-state index contributed by atoms with van der Waals surface area (Å²) in [5, 5.41) is 0. The summed E-state index contributed by atoms with van der Waals surface area (Å²) in [7, 11) is 5.24. The zero-order valence-corrected chi connectivity index (χ0v) is 13.6. The number of carbonyl (C=O) groups is 3. The molecule has 2 aliphatic heterocycles. The van der Waals surface area contributed by atoms with Crippen molar-refractivity contribution in [2.75, 3.05) is 27.3 Å². The van der Waals surface area contributed by atoms with Gasteiger partial charge in [0, 0.05) is 40.0 Å². The molecule has 0 unspecified atom stereocenters. The molecule has 1 aromatic rings. The first-order chi connectivity index (χ1) is 10.9. The highest BCUT2D eigenvalue weighted by Crippen LogP contribution is 2.36. The Morgan fingerprint density at radius 1 is 1.22 bits per heavy atom. The minimum absolute atomic E-state index is 0.0108. The first-order valence-corrected chi connectivity index (χ1v) is 7.65. The molecule has 0 N–H and O–H groups in total. The van der Waals surface area contributed by atoms with E-state index in [2.05, 4.69) is 4.98 Å². The second kappa shape index (κ2) is 5.68. The highest BCUT2D eigenvalue weighted by atomic mass is 16.2. The van der Waals surface area contributed by atoms with Crippen molar-refractivity contribution < 1.29 is 14.4 Å². The van der Waals surface area contributed by atoms with Gasteiger partial charge in [-0.2, -0.15) is 0 Å². The number of carbonyl (C=O) groups excluding carboxylic acids is 3. The first-order valence-electron chi connectivity index (χ1n) is 7.65. The number of nitrogens with zero attached hydrogens (tertiary/aromatic N) is 5. The molecular formula is C15H21N5O3. The summed E-state index contributed by atoms with van der Waals surface area (Å²) in [5.74, 6) is 0.176. The Labute approximate surface area is 134 Å². The largest absolute Gasteiger partial charge is 0.336 e. The van der Waals surface area contributed by atoms with Crippen molar-refractivity contribution in [3.05, 3.63) is 18.2 Å². The maximum Gasteiger partial charge on any atom is 0.243 e. The molecular weight excluding hydrogens is 298 g/mol. The topological polar surface area (TPSA) is 78.8 Å². The van der Waals surface area contributed by atoms with Crippen molar-refractivity contribution in [1.82, 2.24) is 24.3 Å². The number of hydrogen-bond donors (Lipinski definition) is 0. The summed E-state index contributed by atoms with van der Waals surface area (Å²) in [6.07, 6.45) is 4.29. The number of rotatable bonds is 2. The van der Waals surface area contributed by atoms with E-state index in [1.807, 2.05) is 11.6 Å². The Balaban J connectivity index is 1.89. The lowest BCUT2D eigenvalue weighted by Crippen LogP contribution is -2.48. The molecule has 23 heavy (non-hydrogen) atoms. The predicted octanol–water partition coefficient (Wildman–Crippen LogP) is -0.412. The smallest absolute Gasteiger partial charge is 0.243 e. The second-order valence-electron chi connectivity index (χ2n) is 6.26. The Hall–Kier alpha value is -2.38. The number of piperidine rings is 1. The quantitative estimate of drug-likeness (QED) is 0.742. The molecule has 2 atom stereocenters. The standard InChI is InChI=1S/C15H21N5O3/c1-17-7-6-16-14(17)13-10(4-5-11(21)19(13)3)15(23)20-8-12(22)18(2)9-20/h6-7,10,13H,4-5,8-9H2,1-3H3/t10-,13-/m0/s1. The number of aryl methyl sites for hydroxylation is 1. The third-order valence-corrected chi connectivity index (χ3v) is 4.75. The minimum Gasteiger partial charge on any atom is -0.336 e. The van der Waals surface area contributed by atoms with Gasteiger partial charge in [0.25, 0.3) is 0 Å². The molecule has 2 saturated heterocycles. The average Bonchev–Trinajstić information content (AvgIpc) is 3.07. The third kappa shape index (κ3) is 2.58. The molecule has 2 aliphatic rings. The van der Waals surface area contributed by atoms with Crippen LogP contribution in [0.3, 0.4) is 0 Å². The monoisotopic (exact) mass is 319 g/mol. The van der Waals surface area contributed by atoms with Gasteiger partial charge >= 0.3 is 0 Å². The Morgan fingerprint density at radius 2 is 1.96 bits per heavy atom. The second-order valence-corrected chi connectivity index (χ2v) is 6.26. The molecule has 124 valence electrons. The average molecular weight is 319 g/mol. The van der Waals surface area contributed by atoms with E-state index < -0.39 is 6.04 Å². The van der Waals surface area contributed by atoms with Crippen LogP contribution in [-0.4, -0.2) is 69.3 Å². The molecule has 1 aromatic heterocycles. The van der Waals surface area contributed by atoms with Crippen LogP contribution < -0.4 is 0 Å². The van der Waals surface area contributed by atoms with E-state index in [1.165, 1.54) is 4.90 Å². The van der Waals surface area contributed by atoms with Gasteiger partial charge in [-0.05, 0) is 6.42 Å². The van der Waals surface area contributed by atoms with Crippen molar-refractivity contribution in [2.24, 2.45) is 13.0 Å². The summed E-state index contributed by atoms with van der Waals surface area (Å²) in [4.78, 5) is 45.8. The molecule has 8 heteroatoms. The fourth-order valence-electron chi connectivity index (χ4n) is 3.36. The van der Waals surface area contributed by atoms with Gasteiger partial charge in [-0.3, -0.25) is 14.4 Å². The van der Waals surface area contributed by atoms with Gasteiger partial charge < -0.3 is 19.3 Å². The zero-order chi connectivity index (χ0) is 16.7. The first kappa shape index (κ1) is 15.5. The summed E-state index contributed by atoms with van der Waals surface area (Å²) >= 11 is 0.